The zero-order valence-electron chi connectivity index (χ0n) is 22.4. The fourth-order valence-electron chi connectivity index (χ4n) is 4.48. The maximum Gasteiger partial charge on any atom is 0.259 e. The van der Waals surface area contributed by atoms with Gasteiger partial charge in [-0.05, 0) is 49.6 Å². The molecule has 206 valence electrons. The number of rotatable bonds is 10. The van der Waals surface area contributed by atoms with E-state index in [2.05, 4.69) is 10.6 Å². The lowest BCUT2D eigenvalue weighted by molar-refractivity contribution is -0.125. The number of nitrogens with zero attached hydrogens (tertiary/aromatic N) is 3. The van der Waals surface area contributed by atoms with E-state index in [1.807, 2.05) is 62.4 Å². The highest BCUT2D eigenvalue weighted by molar-refractivity contribution is 8.15. The molecule has 0 bridgehead atoms. The van der Waals surface area contributed by atoms with Crippen molar-refractivity contribution in [1.29, 1.82) is 0 Å². The summed E-state index contributed by atoms with van der Waals surface area (Å²) in [7, 11) is 0. The highest BCUT2D eigenvalue weighted by atomic mass is 32.2. The summed E-state index contributed by atoms with van der Waals surface area (Å²) in [6.07, 6.45) is 2.51. The van der Waals surface area contributed by atoms with Crippen LogP contribution in [0.3, 0.4) is 0 Å². The standard InChI is InChI=1S/C30H31N5O4S/c1-3-25(28(37)32-17-20-12-10-19(2)11-13-20)40-30-34-23-9-5-4-8-22(23)27-33-24(29(38)35(27)30)14-15-26(36)31-18-21-7-6-16-39-21/h4-13,16,24-25H,3,14-15,17-18H2,1-2H3,(H,31,36)(H,32,37). The first-order valence-corrected chi connectivity index (χ1v) is 14.2. The van der Waals surface area contributed by atoms with Crippen molar-refractivity contribution in [3.63, 3.8) is 0 Å². The minimum atomic E-state index is -0.711. The number of thioether (sulfide) groups is 1. The number of hydrogen-bond donors (Lipinski definition) is 2. The Hall–Kier alpha value is -4.18. The van der Waals surface area contributed by atoms with Crippen LogP contribution in [0.1, 0.15) is 48.6 Å². The van der Waals surface area contributed by atoms with Gasteiger partial charge in [-0.3, -0.25) is 19.4 Å². The van der Waals surface area contributed by atoms with E-state index in [1.165, 1.54) is 16.7 Å². The molecule has 3 amide bonds. The molecule has 40 heavy (non-hydrogen) atoms. The molecular weight excluding hydrogens is 526 g/mol. The predicted molar refractivity (Wildman–Crippen MR) is 155 cm³/mol. The Morgan fingerprint density at radius 1 is 1.05 bits per heavy atom. The van der Waals surface area contributed by atoms with Gasteiger partial charge >= 0.3 is 0 Å². The molecule has 0 saturated heterocycles. The molecule has 3 heterocycles. The lowest BCUT2D eigenvalue weighted by Gasteiger charge is -2.27. The van der Waals surface area contributed by atoms with E-state index in [4.69, 9.17) is 14.4 Å². The maximum absolute atomic E-state index is 13.6. The molecule has 1 aromatic heterocycles. The van der Waals surface area contributed by atoms with E-state index in [1.54, 1.807) is 18.4 Å². The van der Waals surface area contributed by atoms with E-state index in [0.717, 1.165) is 16.7 Å². The summed E-state index contributed by atoms with van der Waals surface area (Å²) in [6.45, 7) is 4.67. The molecule has 2 unspecified atom stereocenters. The first-order chi connectivity index (χ1) is 19.4. The number of benzene rings is 2. The second-order valence-corrected chi connectivity index (χ2v) is 10.8. The third-order valence-corrected chi connectivity index (χ3v) is 8.05. The summed E-state index contributed by atoms with van der Waals surface area (Å²) >= 11 is 1.26. The summed E-state index contributed by atoms with van der Waals surface area (Å²) < 4.78 is 5.25. The Balaban J connectivity index is 1.27. The molecule has 2 aliphatic rings. The van der Waals surface area contributed by atoms with Gasteiger partial charge in [-0.2, -0.15) is 0 Å². The minimum Gasteiger partial charge on any atom is -0.467 e. The number of nitrogens with one attached hydrogen (secondary N) is 2. The number of aryl methyl sites for hydroxylation is 1. The molecule has 2 atom stereocenters. The molecule has 2 aliphatic heterocycles. The van der Waals surface area contributed by atoms with Crippen LogP contribution in [0.15, 0.2) is 81.3 Å². The van der Waals surface area contributed by atoms with Gasteiger partial charge in [0.1, 0.15) is 17.6 Å². The van der Waals surface area contributed by atoms with Gasteiger partial charge in [0.05, 0.1) is 23.7 Å². The summed E-state index contributed by atoms with van der Waals surface area (Å²) in [5.74, 6) is 0.614. The van der Waals surface area contributed by atoms with Gasteiger partial charge < -0.3 is 15.1 Å². The van der Waals surface area contributed by atoms with Crippen LogP contribution in [0, 0.1) is 6.92 Å². The lowest BCUT2D eigenvalue weighted by atomic mass is 10.1. The smallest absolute Gasteiger partial charge is 0.259 e. The van der Waals surface area contributed by atoms with Crippen molar-refractivity contribution >= 4 is 46.2 Å². The van der Waals surface area contributed by atoms with Gasteiger partial charge in [0.25, 0.3) is 5.91 Å². The number of aliphatic imine (C=N–C) groups is 2. The van der Waals surface area contributed by atoms with Crippen molar-refractivity contribution < 1.29 is 18.8 Å². The molecule has 2 N–H and O–H groups in total. The largest absolute Gasteiger partial charge is 0.467 e. The van der Waals surface area contributed by atoms with Crippen LogP contribution in [0.5, 0.6) is 0 Å². The molecule has 2 aromatic carbocycles. The zero-order chi connectivity index (χ0) is 28.1. The van der Waals surface area contributed by atoms with Crippen LogP contribution in [0.2, 0.25) is 0 Å². The second kappa shape index (κ2) is 12.3. The van der Waals surface area contributed by atoms with Crippen LogP contribution >= 0.6 is 11.8 Å². The summed E-state index contributed by atoms with van der Waals surface area (Å²) in [6, 6.07) is 18.4. The Morgan fingerprint density at radius 3 is 2.60 bits per heavy atom. The molecule has 0 radical (unpaired) electrons. The number of para-hydroxylation sites is 1. The van der Waals surface area contributed by atoms with Crippen molar-refractivity contribution in [2.45, 2.75) is 57.5 Å². The molecule has 0 fully saturated rings. The van der Waals surface area contributed by atoms with Crippen LogP contribution in [-0.4, -0.2) is 44.9 Å². The Morgan fingerprint density at radius 2 is 1.85 bits per heavy atom. The quantitative estimate of drug-likeness (QED) is 0.382. The predicted octanol–water partition coefficient (Wildman–Crippen LogP) is 4.47. The fraction of sp³-hybridized carbons (Fsp3) is 0.300. The summed E-state index contributed by atoms with van der Waals surface area (Å²) in [5.41, 5.74) is 3.62. The summed E-state index contributed by atoms with van der Waals surface area (Å²) in [4.78, 5) is 50.1. The lowest BCUT2D eigenvalue weighted by Crippen LogP contribution is -2.43. The van der Waals surface area contributed by atoms with E-state index < -0.39 is 11.3 Å². The number of furan rings is 1. The highest BCUT2D eigenvalue weighted by Crippen LogP contribution is 2.35. The topological polar surface area (TPSA) is 116 Å². The molecule has 5 rings (SSSR count). The number of fused-ring (bicyclic) bond motifs is 3. The van der Waals surface area contributed by atoms with E-state index >= 15 is 0 Å². The molecule has 3 aromatic rings. The van der Waals surface area contributed by atoms with Gasteiger partial charge in [0.15, 0.2) is 5.17 Å². The Kier molecular flexibility index (Phi) is 8.45. The molecular formula is C30H31N5O4S. The van der Waals surface area contributed by atoms with Gasteiger partial charge in [-0.25, -0.2) is 9.89 Å². The third-order valence-electron chi connectivity index (χ3n) is 6.73. The third kappa shape index (κ3) is 6.17. The van der Waals surface area contributed by atoms with Crippen molar-refractivity contribution in [1.82, 2.24) is 15.5 Å². The van der Waals surface area contributed by atoms with Gasteiger partial charge in [0, 0.05) is 18.5 Å². The van der Waals surface area contributed by atoms with Gasteiger partial charge in [-0.15, -0.1) is 0 Å². The van der Waals surface area contributed by atoms with Crippen LogP contribution in [0.4, 0.5) is 5.69 Å². The molecule has 0 saturated carbocycles. The van der Waals surface area contributed by atoms with E-state index in [9.17, 15) is 14.4 Å². The number of carbonyl (C=O) groups is 3. The highest BCUT2D eigenvalue weighted by Gasteiger charge is 2.42. The average molecular weight is 558 g/mol. The molecule has 0 aliphatic carbocycles. The molecule has 0 spiro atoms. The van der Waals surface area contributed by atoms with E-state index in [-0.39, 0.29) is 37.1 Å². The molecule has 10 heteroatoms. The zero-order valence-corrected chi connectivity index (χ0v) is 23.2. The monoisotopic (exact) mass is 557 g/mol. The Labute approximate surface area is 237 Å². The van der Waals surface area contributed by atoms with Crippen LogP contribution in [-0.2, 0) is 27.5 Å². The van der Waals surface area contributed by atoms with Crippen LogP contribution in [0.25, 0.3) is 0 Å². The van der Waals surface area contributed by atoms with Crippen molar-refractivity contribution in [2.24, 2.45) is 9.98 Å². The Bertz CT molecular complexity index is 1450. The van der Waals surface area contributed by atoms with E-state index in [0.29, 0.717) is 35.4 Å². The summed E-state index contributed by atoms with van der Waals surface area (Å²) in [5, 5.41) is 5.79. The maximum atomic E-state index is 13.6. The van der Waals surface area contributed by atoms with Crippen molar-refractivity contribution in [2.75, 3.05) is 0 Å². The average Bonchev–Trinajstić information content (AvgIpc) is 3.61. The number of amidine groups is 2. The number of carbonyl (C=O) groups excluding carboxylic acids is 3. The van der Waals surface area contributed by atoms with Crippen molar-refractivity contribution in [3.05, 3.63) is 89.4 Å². The SMILES string of the molecule is CCC(SC1=Nc2ccccc2C2=NC(CCC(=O)NCc3ccco3)C(=O)N12)C(=O)NCc1ccc(C)cc1. The van der Waals surface area contributed by atoms with Gasteiger partial charge in [0.2, 0.25) is 11.8 Å². The number of hydrogen-bond acceptors (Lipinski definition) is 7. The first-order valence-electron chi connectivity index (χ1n) is 13.3. The van der Waals surface area contributed by atoms with Crippen molar-refractivity contribution in [3.8, 4) is 0 Å². The van der Waals surface area contributed by atoms with Crippen LogP contribution < -0.4 is 10.6 Å². The second-order valence-electron chi connectivity index (χ2n) is 9.67. The minimum absolute atomic E-state index is 0.121. The van der Waals surface area contributed by atoms with Gasteiger partial charge in [-0.1, -0.05) is 60.6 Å². The normalized spacial score (nSPS) is 16.5. The molecule has 9 nitrogen and oxygen atoms in total. The number of amides is 3. The fourth-order valence-corrected chi connectivity index (χ4v) is 5.53. The first kappa shape index (κ1) is 27.4.